The van der Waals surface area contributed by atoms with Gasteiger partial charge in [-0.15, -0.1) is 0 Å². The number of hydrogen-bond acceptors (Lipinski definition) is 5. The Morgan fingerprint density at radius 3 is 2.68 bits per heavy atom. The molecule has 5 rings (SSSR count). The van der Waals surface area contributed by atoms with Crippen LogP contribution in [0, 0.1) is 0 Å². The molecule has 7 nitrogen and oxygen atoms in total. The Labute approximate surface area is 218 Å². The first-order valence-electron chi connectivity index (χ1n) is 11.9. The zero-order chi connectivity index (χ0) is 25.9. The van der Waals surface area contributed by atoms with Crippen molar-refractivity contribution >= 4 is 28.6 Å². The van der Waals surface area contributed by atoms with Crippen LogP contribution in [0.2, 0.25) is 5.02 Å². The fourth-order valence-corrected chi connectivity index (χ4v) is 4.54. The lowest BCUT2D eigenvalue weighted by Crippen LogP contribution is -2.29. The van der Waals surface area contributed by atoms with E-state index >= 15 is 0 Å². The molecule has 4 aromatic rings. The molecule has 1 aliphatic heterocycles. The van der Waals surface area contributed by atoms with E-state index in [1.165, 1.54) is 6.20 Å². The molecule has 0 radical (unpaired) electrons. The molecule has 3 heterocycles. The highest BCUT2D eigenvalue weighted by Gasteiger charge is 2.23. The van der Waals surface area contributed by atoms with E-state index in [-0.39, 0.29) is 12.1 Å². The third kappa shape index (κ3) is 5.23. The molecule has 1 atom stereocenters. The molecule has 0 aliphatic carbocycles. The van der Waals surface area contributed by atoms with Crippen LogP contribution >= 0.6 is 11.6 Å². The number of aromatic nitrogens is 1. The lowest BCUT2D eigenvalue weighted by atomic mass is 10.0. The van der Waals surface area contributed by atoms with Crippen molar-refractivity contribution in [3.05, 3.63) is 128 Å². The minimum Gasteiger partial charge on any atom is -0.442 e. The summed E-state index contributed by atoms with van der Waals surface area (Å²) in [7, 11) is 1.74. The Kier molecular flexibility index (Phi) is 6.99. The number of benzene rings is 2. The molecule has 0 saturated carbocycles. The van der Waals surface area contributed by atoms with Crippen LogP contribution in [0.5, 0.6) is 0 Å². The van der Waals surface area contributed by atoms with Crippen molar-refractivity contribution in [2.75, 3.05) is 6.54 Å². The zero-order valence-corrected chi connectivity index (χ0v) is 21.0. The Morgan fingerprint density at radius 2 is 1.92 bits per heavy atom. The molecule has 2 N–H and O–H groups in total. The average Bonchev–Trinajstić information content (AvgIpc) is 3.35. The maximum atomic E-state index is 13.2. The molecule has 0 unspecified atom stereocenters. The van der Waals surface area contributed by atoms with E-state index in [2.05, 4.69) is 5.32 Å². The number of pyridine rings is 1. The number of furan rings is 1. The lowest BCUT2D eigenvalue weighted by molar-refractivity contribution is 0.0949. The number of fused-ring (bicyclic) bond motifs is 1. The molecule has 37 heavy (non-hydrogen) atoms. The van der Waals surface area contributed by atoms with E-state index in [9.17, 15) is 14.7 Å². The molecule has 0 spiro atoms. The summed E-state index contributed by atoms with van der Waals surface area (Å²) < 4.78 is 7.68. The Bertz CT molecular complexity index is 1550. The number of aryl methyl sites for hydroxylation is 1. The predicted molar refractivity (Wildman–Crippen MR) is 143 cm³/mol. The number of halogens is 1. The van der Waals surface area contributed by atoms with Crippen molar-refractivity contribution < 1.29 is 14.3 Å². The second-order valence-corrected chi connectivity index (χ2v) is 9.37. The second kappa shape index (κ2) is 10.5. The van der Waals surface area contributed by atoms with Gasteiger partial charge in [0.25, 0.3) is 5.91 Å². The van der Waals surface area contributed by atoms with E-state index in [1.807, 2.05) is 65.6 Å². The smallest absolute Gasteiger partial charge is 0.257 e. The molecule has 1 amide bonds. The molecule has 2 aromatic carbocycles. The number of nitrogens with one attached hydrogen (secondary N) is 1. The van der Waals surface area contributed by atoms with Crippen LogP contribution < -0.4 is 10.7 Å². The fraction of sp³-hybridized carbons (Fsp3) is 0.172. The number of hydrogen-bond donors (Lipinski definition) is 2. The van der Waals surface area contributed by atoms with E-state index in [0.717, 1.165) is 16.8 Å². The van der Waals surface area contributed by atoms with Gasteiger partial charge in [0.15, 0.2) is 0 Å². The third-order valence-corrected chi connectivity index (χ3v) is 6.59. The standard InChI is InChI=1S/C29H26ClN3O4/c1-32-18-24(28(36)31-16-19-10-12-21(30)13-11-19)27(35)23-15-22(37-29(23)32)17-33-14-6-5-9-25(33)26(34)20-7-3-2-4-8-20/h2-13,15,18,26,34H,14,16-17H2,1H3,(H,31,36)/t26-/m0/s1. The monoisotopic (exact) mass is 515 g/mol. The van der Waals surface area contributed by atoms with E-state index < -0.39 is 17.4 Å². The summed E-state index contributed by atoms with van der Waals surface area (Å²) in [6.07, 6.45) is 6.49. The van der Waals surface area contributed by atoms with Gasteiger partial charge in [0.1, 0.15) is 17.4 Å². The highest BCUT2D eigenvalue weighted by molar-refractivity contribution is 6.30. The SMILES string of the molecule is Cn1cc(C(=O)NCc2ccc(Cl)cc2)c(=O)c2cc(CN3CC=CC=C3[C@@H](O)c3ccccc3)oc21. The van der Waals surface area contributed by atoms with E-state index in [1.54, 1.807) is 29.8 Å². The first kappa shape index (κ1) is 24.6. The first-order chi connectivity index (χ1) is 17.9. The zero-order valence-electron chi connectivity index (χ0n) is 20.2. The highest BCUT2D eigenvalue weighted by atomic mass is 35.5. The number of allylic oxidation sites excluding steroid dienone is 2. The number of aliphatic hydroxyl groups is 1. The maximum absolute atomic E-state index is 13.2. The van der Waals surface area contributed by atoms with Gasteiger partial charge in [0.2, 0.25) is 11.1 Å². The summed E-state index contributed by atoms with van der Waals surface area (Å²) in [6.45, 7) is 1.21. The topological polar surface area (TPSA) is 87.7 Å². The number of amides is 1. The maximum Gasteiger partial charge on any atom is 0.257 e. The van der Waals surface area contributed by atoms with Crippen LogP contribution in [0.25, 0.3) is 11.1 Å². The summed E-state index contributed by atoms with van der Waals surface area (Å²) in [5.74, 6) is 0.0976. The number of aliphatic hydroxyl groups excluding tert-OH is 1. The van der Waals surface area contributed by atoms with Crippen LogP contribution in [0.3, 0.4) is 0 Å². The van der Waals surface area contributed by atoms with Gasteiger partial charge in [-0.2, -0.15) is 0 Å². The molecule has 1 aliphatic rings. The van der Waals surface area contributed by atoms with Crippen molar-refractivity contribution in [1.82, 2.24) is 14.8 Å². The van der Waals surface area contributed by atoms with Crippen LogP contribution in [0.4, 0.5) is 0 Å². The van der Waals surface area contributed by atoms with Crippen molar-refractivity contribution in [1.29, 1.82) is 0 Å². The molecule has 0 bridgehead atoms. The van der Waals surface area contributed by atoms with E-state index in [4.69, 9.17) is 16.0 Å². The van der Waals surface area contributed by atoms with Gasteiger partial charge in [0.05, 0.1) is 11.9 Å². The summed E-state index contributed by atoms with van der Waals surface area (Å²) >= 11 is 5.92. The molecule has 8 heteroatoms. The van der Waals surface area contributed by atoms with Gasteiger partial charge >= 0.3 is 0 Å². The van der Waals surface area contributed by atoms with Gasteiger partial charge in [0, 0.05) is 37.1 Å². The summed E-state index contributed by atoms with van der Waals surface area (Å²) in [5.41, 5.74) is 2.44. The minimum atomic E-state index is -0.794. The molecule has 0 saturated heterocycles. The van der Waals surface area contributed by atoms with Crippen LogP contribution in [-0.4, -0.2) is 27.0 Å². The normalized spacial score (nSPS) is 14.0. The van der Waals surface area contributed by atoms with Crippen molar-refractivity contribution in [3.63, 3.8) is 0 Å². The number of carbonyl (C=O) groups is 1. The van der Waals surface area contributed by atoms with E-state index in [0.29, 0.717) is 35.0 Å². The van der Waals surface area contributed by atoms with Gasteiger partial charge in [-0.1, -0.05) is 66.2 Å². The third-order valence-electron chi connectivity index (χ3n) is 6.34. The Hall–Kier alpha value is -4.07. The van der Waals surface area contributed by atoms with Crippen molar-refractivity contribution in [3.8, 4) is 0 Å². The minimum absolute atomic E-state index is 0.0392. The fourth-order valence-electron chi connectivity index (χ4n) is 4.41. The highest BCUT2D eigenvalue weighted by Crippen LogP contribution is 2.29. The first-order valence-corrected chi connectivity index (χ1v) is 12.3. The van der Waals surface area contributed by atoms with Crippen LogP contribution in [0.1, 0.15) is 33.3 Å². The number of nitrogens with zero attached hydrogens (tertiary/aromatic N) is 2. The summed E-state index contributed by atoms with van der Waals surface area (Å²) in [4.78, 5) is 28.1. The molecule has 0 fully saturated rings. The van der Waals surface area contributed by atoms with Gasteiger partial charge in [-0.05, 0) is 35.4 Å². The second-order valence-electron chi connectivity index (χ2n) is 8.94. The molecule has 188 valence electrons. The van der Waals surface area contributed by atoms with Gasteiger partial charge in [-0.3, -0.25) is 9.59 Å². The number of rotatable bonds is 7. The quantitative estimate of drug-likeness (QED) is 0.372. The van der Waals surface area contributed by atoms with Gasteiger partial charge in [-0.25, -0.2) is 0 Å². The van der Waals surface area contributed by atoms with Crippen LogP contribution in [-0.2, 0) is 20.1 Å². The largest absolute Gasteiger partial charge is 0.442 e. The van der Waals surface area contributed by atoms with Crippen molar-refractivity contribution in [2.24, 2.45) is 7.05 Å². The average molecular weight is 516 g/mol. The predicted octanol–water partition coefficient (Wildman–Crippen LogP) is 4.70. The summed E-state index contributed by atoms with van der Waals surface area (Å²) in [6, 6.07) is 18.3. The summed E-state index contributed by atoms with van der Waals surface area (Å²) in [5, 5.41) is 14.7. The Morgan fingerprint density at radius 1 is 1.16 bits per heavy atom. The lowest BCUT2D eigenvalue weighted by Gasteiger charge is -2.30. The van der Waals surface area contributed by atoms with Gasteiger partial charge < -0.3 is 24.3 Å². The molecular weight excluding hydrogens is 490 g/mol. The van der Waals surface area contributed by atoms with Crippen molar-refractivity contribution in [2.45, 2.75) is 19.2 Å². The van der Waals surface area contributed by atoms with Crippen LogP contribution in [0.15, 0.2) is 100.0 Å². The molecule has 2 aromatic heterocycles. The number of carbonyl (C=O) groups excluding carboxylic acids is 1. The molecular formula is C29H26ClN3O4. The Balaban J connectivity index is 1.37.